The number of benzene rings is 1. The third kappa shape index (κ3) is 4.27. The van der Waals surface area contributed by atoms with Crippen LogP contribution in [0.5, 0.6) is 0 Å². The summed E-state index contributed by atoms with van der Waals surface area (Å²) in [4.78, 5) is 4.32. The van der Waals surface area contributed by atoms with Crippen LogP contribution in [0.1, 0.15) is 19.4 Å². The predicted molar refractivity (Wildman–Crippen MR) is 80.5 cm³/mol. The summed E-state index contributed by atoms with van der Waals surface area (Å²) < 4.78 is 11.0. The fourth-order valence-electron chi connectivity index (χ4n) is 2.11. The van der Waals surface area contributed by atoms with E-state index in [4.69, 9.17) is 9.47 Å². The van der Waals surface area contributed by atoms with Crippen molar-refractivity contribution in [2.45, 2.75) is 26.7 Å². The molecule has 0 aliphatic carbocycles. The lowest BCUT2D eigenvalue weighted by atomic mass is 10.1. The summed E-state index contributed by atoms with van der Waals surface area (Å²) in [5, 5.41) is 4.53. The fraction of sp³-hybridized carbons (Fsp3) is 0.438. The highest BCUT2D eigenvalue weighted by Gasteiger charge is 2.06. The number of nitrogens with zero attached hydrogens (tertiary/aromatic N) is 1. The average Bonchev–Trinajstić information content (AvgIpc) is 2.47. The third-order valence-electron chi connectivity index (χ3n) is 3.01. The van der Waals surface area contributed by atoms with Crippen molar-refractivity contribution in [1.82, 2.24) is 10.3 Å². The van der Waals surface area contributed by atoms with Gasteiger partial charge in [0.25, 0.3) is 0 Å². The first kappa shape index (κ1) is 14.9. The Morgan fingerprint density at radius 1 is 1.15 bits per heavy atom. The van der Waals surface area contributed by atoms with Crippen molar-refractivity contribution < 1.29 is 9.47 Å². The maximum atomic E-state index is 5.50. The highest BCUT2D eigenvalue weighted by molar-refractivity contribution is 5.78. The van der Waals surface area contributed by atoms with Crippen molar-refractivity contribution in [2.75, 3.05) is 19.8 Å². The molecule has 0 radical (unpaired) electrons. The van der Waals surface area contributed by atoms with Crippen LogP contribution in [-0.2, 0) is 16.0 Å². The van der Waals surface area contributed by atoms with Crippen LogP contribution in [0, 0.1) is 0 Å². The molecule has 1 heterocycles. The summed E-state index contributed by atoms with van der Waals surface area (Å²) in [5.41, 5.74) is 2.26. The molecule has 0 amide bonds. The molecule has 0 saturated heterocycles. The third-order valence-corrected chi connectivity index (χ3v) is 3.01. The van der Waals surface area contributed by atoms with Gasteiger partial charge in [-0.05, 0) is 37.6 Å². The SMILES string of the molecule is CCOC(CNCc1ccc2ncccc2c1)OCC. The lowest BCUT2D eigenvalue weighted by Crippen LogP contribution is -2.31. The van der Waals surface area contributed by atoms with Crippen molar-refractivity contribution in [3.63, 3.8) is 0 Å². The number of nitrogens with one attached hydrogen (secondary N) is 1. The fourth-order valence-corrected chi connectivity index (χ4v) is 2.11. The number of hydrogen-bond acceptors (Lipinski definition) is 4. The molecule has 1 aromatic carbocycles. The van der Waals surface area contributed by atoms with Crippen molar-refractivity contribution in [3.8, 4) is 0 Å². The van der Waals surface area contributed by atoms with Crippen LogP contribution >= 0.6 is 0 Å². The van der Waals surface area contributed by atoms with E-state index in [2.05, 4.69) is 34.6 Å². The average molecular weight is 274 g/mol. The zero-order valence-corrected chi connectivity index (χ0v) is 12.1. The van der Waals surface area contributed by atoms with Gasteiger partial charge in [0, 0.05) is 37.9 Å². The van der Waals surface area contributed by atoms with Crippen LogP contribution in [-0.4, -0.2) is 31.0 Å². The van der Waals surface area contributed by atoms with Crippen molar-refractivity contribution in [2.24, 2.45) is 0 Å². The van der Waals surface area contributed by atoms with Crippen LogP contribution in [0.15, 0.2) is 36.5 Å². The largest absolute Gasteiger partial charge is 0.352 e. The molecule has 4 heteroatoms. The summed E-state index contributed by atoms with van der Waals surface area (Å²) >= 11 is 0. The Kier molecular flexibility index (Phi) is 5.92. The molecule has 2 rings (SSSR count). The lowest BCUT2D eigenvalue weighted by Gasteiger charge is -2.17. The van der Waals surface area contributed by atoms with Gasteiger partial charge in [0.1, 0.15) is 0 Å². The van der Waals surface area contributed by atoms with Gasteiger partial charge < -0.3 is 14.8 Å². The maximum Gasteiger partial charge on any atom is 0.169 e. The van der Waals surface area contributed by atoms with Gasteiger partial charge in [0.15, 0.2) is 6.29 Å². The molecule has 4 nitrogen and oxygen atoms in total. The van der Waals surface area contributed by atoms with E-state index in [0.717, 1.165) is 17.4 Å². The Hall–Kier alpha value is -1.49. The van der Waals surface area contributed by atoms with Gasteiger partial charge in [-0.1, -0.05) is 12.1 Å². The van der Waals surface area contributed by atoms with Gasteiger partial charge in [0.05, 0.1) is 5.52 Å². The number of rotatable bonds is 8. The molecule has 20 heavy (non-hydrogen) atoms. The second-order valence-electron chi connectivity index (χ2n) is 4.50. The molecule has 0 saturated carbocycles. The second kappa shape index (κ2) is 7.94. The molecular weight excluding hydrogens is 252 g/mol. The monoisotopic (exact) mass is 274 g/mol. The summed E-state index contributed by atoms with van der Waals surface area (Å²) in [6, 6.07) is 10.3. The summed E-state index contributed by atoms with van der Waals surface area (Å²) in [6.45, 7) is 6.75. The maximum absolute atomic E-state index is 5.50. The zero-order valence-electron chi connectivity index (χ0n) is 12.1. The van der Waals surface area contributed by atoms with E-state index in [-0.39, 0.29) is 6.29 Å². The topological polar surface area (TPSA) is 43.4 Å². The molecule has 0 aliphatic rings. The molecule has 2 aromatic rings. The molecule has 0 unspecified atom stereocenters. The van der Waals surface area contributed by atoms with E-state index in [1.807, 2.05) is 26.1 Å². The van der Waals surface area contributed by atoms with E-state index >= 15 is 0 Å². The minimum atomic E-state index is -0.174. The highest BCUT2D eigenvalue weighted by atomic mass is 16.7. The van der Waals surface area contributed by atoms with E-state index < -0.39 is 0 Å². The van der Waals surface area contributed by atoms with Gasteiger partial charge in [-0.2, -0.15) is 0 Å². The molecule has 0 atom stereocenters. The Morgan fingerprint density at radius 2 is 1.95 bits per heavy atom. The summed E-state index contributed by atoms with van der Waals surface area (Å²) in [6.07, 6.45) is 1.64. The Bertz CT molecular complexity index is 525. The molecule has 0 bridgehead atoms. The van der Waals surface area contributed by atoms with Crippen LogP contribution in [0.3, 0.4) is 0 Å². The molecule has 1 aromatic heterocycles. The van der Waals surface area contributed by atoms with E-state index in [1.165, 1.54) is 5.56 Å². The van der Waals surface area contributed by atoms with Gasteiger partial charge in [-0.25, -0.2) is 0 Å². The normalized spacial score (nSPS) is 11.3. The number of hydrogen-bond donors (Lipinski definition) is 1. The first-order valence-corrected chi connectivity index (χ1v) is 7.11. The zero-order chi connectivity index (χ0) is 14.2. The second-order valence-corrected chi connectivity index (χ2v) is 4.50. The Labute approximate surface area is 120 Å². The molecule has 0 aliphatic heterocycles. The summed E-state index contributed by atoms with van der Waals surface area (Å²) in [7, 11) is 0. The molecular formula is C16H22N2O2. The van der Waals surface area contributed by atoms with E-state index in [0.29, 0.717) is 19.8 Å². The minimum Gasteiger partial charge on any atom is -0.352 e. The lowest BCUT2D eigenvalue weighted by molar-refractivity contribution is -0.133. The molecule has 0 spiro atoms. The van der Waals surface area contributed by atoms with Crippen molar-refractivity contribution in [3.05, 3.63) is 42.1 Å². The predicted octanol–water partition coefficient (Wildman–Crippen LogP) is 2.72. The van der Waals surface area contributed by atoms with Crippen LogP contribution in [0.4, 0.5) is 0 Å². The number of fused-ring (bicyclic) bond motifs is 1. The molecule has 0 fully saturated rings. The first-order valence-electron chi connectivity index (χ1n) is 7.11. The summed E-state index contributed by atoms with van der Waals surface area (Å²) in [5.74, 6) is 0. The highest BCUT2D eigenvalue weighted by Crippen LogP contribution is 2.13. The van der Waals surface area contributed by atoms with Crippen LogP contribution in [0.2, 0.25) is 0 Å². The number of ether oxygens (including phenoxy) is 2. The van der Waals surface area contributed by atoms with Crippen molar-refractivity contribution in [1.29, 1.82) is 0 Å². The Balaban J connectivity index is 1.88. The quantitative estimate of drug-likeness (QED) is 0.752. The minimum absolute atomic E-state index is 0.174. The first-order chi connectivity index (χ1) is 9.83. The molecule has 108 valence electrons. The van der Waals surface area contributed by atoms with Crippen LogP contribution in [0.25, 0.3) is 10.9 Å². The van der Waals surface area contributed by atoms with Gasteiger partial charge in [-0.15, -0.1) is 0 Å². The smallest absolute Gasteiger partial charge is 0.169 e. The number of pyridine rings is 1. The van der Waals surface area contributed by atoms with Crippen molar-refractivity contribution >= 4 is 10.9 Å². The molecule has 1 N–H and O–H groups in total. The van der Waals surface area contributed by atoms with Crippen LogP contribution < -0.4 is 5.32 Å². The van der Waals surface area contributed by atoms with E-state index in [1.54, 1.807) is 0 Å². The van der Waals surface area contributed by atoms with Gasteiger partial charge >= 0.3 is 0 Å². The van der Waals surface area contributed by atoms with Gasteiger partial charge in [-0.3, -0.25) is 4.98 Å². The number of aromatic nitrogens is 1. The van der Waals surface area contributed by atoms with Gasteiger partial charge in [0.2, 0.25) is 0 Å². The Morgan fingerprint density at radius 3 is 2.70 bits per heavy atom. The van der Waals surface area contributed by atoms with E-state index in [9.17, 15) is 0 Å². The standard InChI is InChI=1S/C16H22N2O2/c1-3-19-16(20-4-2)12-17-11-13-7-8-15-14(10-13)6-5-9-18-15/h5-10,16-17H,3-4,11-12H2,1-2H3.